The predicted molar refractivity (Wildman–Crippen MR) is 241 cm³/mol. The number of rotatable bonds is 4. The van der Waals surface area contributed by atoms with Crippen molar-refractivity contribution in [1.29, 1.82) is 0 Å². The van der Waals surface area contributed by atoms with Crippen molar-refractivity contribution in [3.63, 3.8) is 0 Å². The van der Waals surface area contributed by atoms with Gasteiger partial charge in [0.25, 0.3) is 0 Å². The predicted octanol–water partition coefficient (Wildman–Crippen LogP) is 13.8. The van der Waals surface area contributed by atoms with Gasteiger partial charge in [-0.3, -0.25) is 0 Å². The number of hydrogen-bond acceptors (Lipinski definition) is 3. The molecule has 0 atom stereocenters. The second-order valence-corrected chi connectivity index (χ2v) is 18.3. The van der Waals surface area contributed by atoms with Crippen LogP contribution >= 0.6 is 0 Å². The zero-order valence-electron chi connectivity index (χ0n) is 34.1. The molecule has 7 aromatic carbocycles. The molecule has 2 aliphatic carbocycles. The molecule has 0 fully saturated rings. The van der Waals surface area contributed by atoms with Crippen LogP contribution in [0.5, 0.6) is 0 Å². The van der Waals surface area contributed by atoms with E-state index >= 15 is 0 Å². The molecule has 0 saturated carbocycles. The molecular formula is C54H46N4. The van der Waals surface area contributed by atoms with Crippen LogP contribution in [0.2, 0.25) is 0 Å². The highest BCUT2D eigenvalue weighted by atomic mass is 15.0. The molecule has 9 aromatic rings. The normalized spacial score (nSPS) is 16.0. The first-order valence-electron chi connectivity index (χ1n) is 20.7. The van der Waals surface area contributed by atoms with Gasteiger partial charge in [-0.15, -0.1) is 0 Å². The van der Waals surface area contributed by atoms with Crippen LogP contribution in [0.25, 0.3) is 83.6 Å². The first kappa shape index (κ1) is 34.8. The van der Waals surface area contributed by atoms with E-state index in [0.717, 1.165) is 27.8 Å². The summed E-state index contributed by atoms with van der Waals surface area (Å²) in [6.45, 7) is 14.3. The van der Waals surface area contributed by atoms with Crippen molar-refractivity contribution in [1.82, 2.24) is 19.5 Å². The molecule has 0 aliphatic heterocycles. The third-order valence-electron chi connectivity index (χ3n) is 13.4. The van der Waals surface area contributed by atoms with Crippen LogP contribution in [0.3, 0.4) is 0 Å². The first-order chi connectivity index (χ1) is 28.0. The van der Waals surface area contributed by atoms with Gasteiger partial charge in [-0.1, -0.05) is 157 Å². The Morgan fingerprint density at radius 2 is 1.10 bits per heavy atom. The SMILES string of the molecule is CC1(C)CCC(C)(C)c2c1ccc1c2c2ccccc2n1-c1ccc2cc(-c3nc(-c4ccccc4)nc(-c4cccc5c4C(C)(C)c4ccccc4-5)n3)ccc2c1. The van der Waals surface area contributed by atoms with E-state index in [1.165, 1.54) is 73.4 Å². The van der Waals surface area contributed by atoms with Crippen molar-refractivity contribution in [2.24, 2.45) is 0 Å². The number of nitrogens with zero attached hydrogens (tertiary/aromatic N) is 4. The lowest BCUT2D eigenvalue weighted by Gasteiger charge is -2.42. The summed E-state index contributed by atoms with van der Waals surface area (Å²) in [4.78, 5) is 15.6. The van der Waals surface area contributed by atoms with Crippen molar-refractivity contribution in [2.75, 3.05) is 0 Å². The van der Waals surface area contributed by atoms with Crippen molar-refractivity contribution in [3.8, 4) is 51.0 Å². The van der Waals surface area contributed by atoms with Gasteiger partial charge < -0.3 is 4.57 Å². The third-order valence-corrected chi connectivity index (χ3v) is 13.4. The molecule has 58 heavy (non-hydrogen) atoms. The molecule has 2 aliphatic rings. The largest absolute Gasteiger partial charge is 0.309 e. The third kappa shape index (κ3) is 5.10. The Hall–Kier alpha value is -6.39. The number of benzene rings is 7. The van der Waals surface area contributed by atoms with E-state index in [1.54, 1.807) is 0 Å². The second kappa shape index (κ2) is 12.3. The highest BCUT2D eigenvalue weighted by Gasteiger charge is 2.40. The molecule has 2 heterocycles. The Kier molecular flexibility index (Phi) is 7.39. The number of fused-ring (bicyclic) bond motifs is 9. The molecule has 0 saturated heterocycles. The maximum atomic E-state index is 5.27. The van der Waals surface area contributed by atoms with Crippen LogP contribution < -0.4 is 0 Å². The lowest BCUT2D eigenvalue weighted by molar-refractivity contribution is 0.334. The fraction of sp³-hybridized carbons (Fsp3) is 0.204. The van der Waals surface area contributed by atoms with Crippen molar-refractivity contribution >= 4 is 32.6 Å². The van der Waals surface area contributed by atoms with Gasteiger partial charge in [-0.2, -0.15) is 0 Å². The van der Waals surface area contributed by atoms with Gasteiger partial charge in [-0.05, 0) is 98.2 Å². The standard InChI is InChI=1S/C54H46N4/c1-52(2)29-30-53(3,4)48-43(52)27-28-45-46(48)40-18-11-13-22-44(40)58(45)37-26-25-34-31-36(24-23-35(34)32-37)50-55-49(33-15-8-7-9-16-33)56-51(57-50)41-20-14-19-39-38-17-10-12-21-42(38)54(5,6)47(39)41/h7-28,31-32H,29-30H2,1-6H3. The number of aromatic nitrogens is 4. The summed E-state index contributed by atoms with van der Waals surface area (Å²) in [5, 5.41) is 5.04. The number of hydrogen-bond donors (Lipinski definition) is 0. The van der Waals surface area contributed by atoms with Gasteiger partial charge in [0.1, 0.15) is 0 Å². The van der Waals surface area contributed by atoms with E-state index < -0.39 is 0 Å². The van der Waals surface area contributed by atoms with Gasteiger partial charge in [0, 0.05) is 38.6 Å². The summed E-state index contributed by atoms with van der Waals surface area (Å²) in [5.41, 5.74) is 14.8. The van der Waals surface area contributed by atoms with E-state index in [2.05, 4.69) is 174 Å². The van der Waals surface area contributed by atoms with Gasteiger partial charge in [0.2, 0.25) is 0 Å². The lowest BCUT2D eigenvalue weighted by Crippen LogP contribution is -2.34. The fourth-order valence-electron chi connectivity index (χ4n) is 10.4. The van der Waals surface area contributed by atoms with Crippen LogP contribution in [0.1, 0.15) is 76.6 Å². The molecular weight excluding hydrogens is 705 g/mol. The molecule has 0 spiro atoms. The average Bonchev–Trinajstić information content (AvgIpc) is 3.71. The van der Waals surface area contributed by atoms with Gasteiger partial charge in [-0.25, -0.2) is 15.0 Å². The molecule has 0 amide bonds. The molecule has 0 N–H and O–H groups in total. The van der Waals surface area contributed by atoms with E-state index in [0.29, 0.717) is 17.5 Å². The fourth-order valence-corrected chi connectivity index (χ4v) is 10.4. The molecule has 4 heteroatoms. The lowest BCUT2D eigenvalue weighted by atomic mass is 9.62. The Morgan fingerprint density at radius 1 is 0.448 bits per heavy atom. The molecule has 0 bridgehead atoms. The average molecular weight is 751 g/mol. The zero-order valence-corrected chi connectivity index (χ0v) is 34.1. The van der Waals surface area contributed by atoms with Crippen molar-refractivity contribution in [2.45, 2.75) is 70.6 Å². The van der Waals surface area contributed by atoms with E-state index in [1.807, 2.05) is 18.2 Å². The minimum atomic E-state index is -0.203. The Bertz CT molecular complexity index is 3150. The summed E-state index contributed by atoms with van der Waals surface area (Å²) < 4.78 is 2.47. The first-order valence-corrected chi connectivity index (χ1v) is 20.7. The molecule has 0 unspecified atom stereocenters. The molecule has 4 nitrogen and oxygen atoms in total. The minimum absolute atomic E-state index is 0.0934. The van der Waals surface area contributed by atoms with Crippen LogP contribution in [0, 0.1) is 0 Å². The van der Waals surface area contributed by atoms with Gasteiger partial charge in [0.05, 0.1) is 11.0 Å². The smallest absolute Gasteiger partial charge is 0.164 e. The van der Waals surface area contributed by atoms with E-state index in [9.17, 15) is 0 Å². The van der Waals surface area contributed by atoms with Crippen molar-refractivity contribution < 1.29 is 0 Å². The zero-order chi connectivity index (χ0) is 39.6. The van der Waals surface area contributed by atoms with Crippen LogP contribution in [0.4, 0.5) is 0 Å². The van der Waals surface area contributed by atoms with Crippen molar-refractivity contribution in [3.05, 3.63) is 168 Å². The van der Waals surface area contributed by atoms with E-state index in [4.69, 9.17) is 15.0 Å². The van der Waals surface area contributed by atoms with Gasteiger partial charge in [0.15, 0.2) is 17.5 Å². The quantitative estimate of drug-likeness (QED) is 0.180. The topological polar surface area (TPSA) is 43.6 Å². The summed E-state index contributed by atoms with van der Waals surface area (Å²) in [6, 6.07) is 52.8. The summed E-state index contributed by atoms with van der Waals surface area (Å²) in [7, 11) is 0. The minimum Gasteiger partial charge on any atom is -0.309 e. The molecule has 282 valence electrons. The Morgan fingerprint density at radius 3 is 1.95 bits per heavy atom. The Balaban J connectivity index is 1.06. The van der Waals surface area contributed by atoms with Crippen LogP contribution in [0.15, 0.2) is 146 Å². The summed E-state index contributed by atoms with van der Waals surface area (Å²) in [6.07, 6.45) is 2.38. The highest BCUT2D eigenvalue weighted by molar-refractivity contribution is 6.12. The van der Waals surface area contributed by atoms with Gasteiger partial charge >= 0.3 is 0 Å². The number of para-hydroxylation sites is 1. The molecule has 0 radical (unpaired) electrons. The Labute approximate surface area is 340 Å². The molecule has 2 aromatic heterocycles. The maximum absolute atomic E-state index is 5.27. The van der Waals surface area contributed by atoms with Crippen LogP contribution in [-0.2, 0) is 16.2 Å². The highest BCUT2D eigenvalue weighted by Crippen LogP contribution is 2.53. The molecule has 11 rings (SSSR count). The van der Waals surface area contributed by atoms with Crippen LogP contribution in [-0.4, -0.2) is 19.5 Å². The monoisotopic (exact) mass is 750 g/mol. The maximum Gasteiger partial charge on any atom is 0.164 e. The second-order valence-electron chi connectivity index (χ2n) is 18.3. The summed E-state index contributed by atoms with van der Waals surface area (Å²) >= 11 is 0. The summed E-state index contributed by atoms with van der Waals surface area (Å²) in [5.74, 6) is 2.03. The van der Waals surface area contributed by atoms with E-state index in [-0.39, 0.29) is 16.2 Å².